The van der Waals surface area contributed by atoms with Gasteiger partial charge < -0.3 is 9.63 Å². The van der Waals surface area contributed by atoms with Crippen LogP contribution in [-0.4, -0.2) is 36.4 Å². The number of carboxylic acids is 1. The van der Waals surface area contributed by atoms with Crippen molar-refractivity contribution in [3.8, 4) is 11.6 Å². The van der Waals surface area contributed by atoms with Crippen molar-refractivity contribution in [3.63, 3.8) is 0 Å². The SMILES string of the molecule is CC(C)(C)n1nnc(-c2cc(C(=O)O)no2)n1. The molecule has 2 aromatic rings. The molecule has 0 spiro atoms. The second-order valence-electron chi connectivity index (χ2n) is 4.45. The van der Waals surface area contributed by atoms with E-state index in [9.17, 15) is 4.79 Å². The van der Waals surface area contributed by atoms with Crippen LogP contribution < -0.4 is 0 Å². The first-order valence-electron chi connectivity index (χ1n) is 4.89. The third-order valence-corrected chi connectivity index (χ3v) is 1.96. The third-order valence-electron chi connectivity index (χ3n) is 1.96. The largest absolute Gasteiger partial charge is 0.476 e. The van der Waals surface area contributed by atoms with Gasteiger partial charge in [-0.1, -0.05) is 5.16 Å². The zero-order valence-electron chi connectivity index (χ0n) is 9.58. The van der Waals surface area contributed by atoms with E-state index >= 15 is 0 Å². The molecular formula is C9H11N5O3. The van der Waals surface area contributed by atoms with Gasteiger partial charge in [0.1, 0.15) is 0 Å². The average Bonchev–Trinajstić information content (AvgIpc) is 2.85. The lowest BCUT2D eigenvalue weighted by atomic mass is 10.1. The van der Waals surface area contributed by atoms with E-state index in [1.165, 1.54) is 10.9 Å². The molecule has 2 heterocycles. The molecule has 17 heavy (non-hydrogen) atoms. The number of nitrogens with zero attached hydrogens (tertiary/aromatic N) is 5. The Labute approximate surface area is 96.2 Å². The van der Waals surface area contributed by atoms with Crippen LogP contribution in [0.5, 0.6) is 0 Å². The first-order chi connectivity index (χ1) is 7.88. The molecule has 8 nitrogen and oxygen atoms in total. The molecule has 0 aliphatic heterocycles. The van der Waals surface area contributed by atoms with Crippen molar-refractivity contribution in [1.29, 1.82) is 0 Å². The summed E-state index contributed by atoms with van der Waals surface area (Å²) in [4.78, 5) is 12.0. The van der Waals surface area contributed by atoms with Gasteiger partial charge in [0, 0.05) is 6.07 Å². The Bertz CT molecular complexity index is 551. The number of carboxylic acid groups (broad SMARTS) is 1. The molecule has 0 radical (unpaired) electrons. The molecule has 2 rings (SSSR count). The van der Waals surface area contributed by atoms with Gasteiger partial charge in [0.2, 0.25) is 11.6 Å². The molecule has 0 aliphatic carbocycles. The van der Waals surface area contributed by atoms with Gasteiger partial charge in [0.15, 0.2) is 5.69 Å². The number of hydrogen-bond donors (Lipinski definition) is 1. The maximum absolute atomic E-state index is 10.6. The maximum Gasteiger partial charge on any atom is 0.358 e. The third kappa shape index (κ3) is 2.14. The van der Waals surface area contributed by atoms with Gasteiger partial charge in [-0.25, -0.2) is 4.79 Å². The lowest BCUT2D eigenvalue weighted by Crippen LogP contribution is -2.24. The molecule has 0 amide bonds. The van der Waals surface area contributed by atoms with Crippen molar-refractivity contribution in [2.24, 2.45) is 0 Å². The fraction of sp³-hybridized carbons (Fsp3) is 0.444. The Balaban J connectivity index is 2.34. The summed E-state index contributed by atoms with van der Waals surface area (Å²) >= 11 is 0. The van der Waals surface area contributed by atoms with Gasteiger partial charge in [-0.2, -0.15) is 4.80 Å². The molecule has 1 N–H and O–H groups in total. The van der Waals surface area contributed by atoms with Crippen molar-refractivity contribution in [2.45, 2.75) is 26.3 Å². The molecule has 0 saturated carbocycles. The van der Waals surface area contributed by atoms with Gasteiger partial charge >= 0.3 is 5.97 Å². The van der Waals surface area contributed by atoms with Gasteiger partial charge in [-0.15, -0.1) is 10.2 Å². The quantitative estimate of drug-likeness (QED) is 0.822. The molecule has 0 fully saturated rings. The van der Waals surface area contributed by atoms with Crippen LogP contribution in [0.2, 0.25) is 0 Å². The van der Waals surface area contributed by atoms with E-state index < -0.39 is 5.97 Å². The number of aromatic nitrogens is 5. The summed E-state index contributed by atoms with van der Waals surface area (Å²) in [5.41, 5.74) is -0.493. The van der Waals surface area contributed by atoms with Gasteiger partial charge in [0.05, 0.1) is 5.54 Å². The van der Waals surface area contributed by atoms with E-state index in [0.29, 0.717) is 0 Å². The lowest BCUT2D eigenvalue weighted by molar-refractivity contribution is 0.0686. The number of tetrazole rings is 1. The molecule has 0 aromatic carbocycles. The summed E-state index contributed by atoms with van der Waals surface area (Å²) < 4.78 is 4.83. The minimum atomic E-state index is -1.16. The first kappa shape index (κ1) is 11.2. The van der Waals surface area contributed by atoms with Crippen LogP contribution in [0, 0.1) is 0 Å². The summed E-state index contributed by atoms with van der Waals surface area (Å²) in [5, 5.41) is 23.8. The minimum Gasteiger partial charge on any atom is -0.476 e. The van der Waals surface area contributed by atoms with E-state index in [0.717, 1.165) is 0 Å². The number of rotatable bonds is 2. The van der Waals surface area contributed by atoms with E-state index in [4.69, 9.17) is 9.63 Å². The molecule has 0 saturated heterocycles. The second kappa shape index (κ2) is 3.65. The highest BCUT2D eigenvalue weighted by Crippen LogP contribution is 2.17. The van der Waals surface area contributed by atoms with Crippen molar-refractivity contribution in [1.82, 2.24) is 25.4 Å². The van der Waals surface area contributed by atoms with Gasteiger partial charge in [0.25, 0.3) is 0 Å². The zero-order valence-corrected chi connectivity index (χ0v) is 9.58. The number of hydrogen-bond acceptors (Lipinski definition) is 6. The van der Waals surface area contributed by atoms with Crippen LogP contribution in [0.25, 0.3) is 11.6 Å². The predicted molar refractivity (Wildman–Crippen MR) is 55.3 cm³/mol. The zero-order chi connectivity index (χ0) is 12.6. The maximum atomic E-state index is 10.6. The monoisotopic (exact) mass is 237 g/mol. The fourth-order valence-electron chi connectivity index (χ4n) is 1.08. The van der Waals surface area contributed by atoms with Crippen molar-refractivity contribution < 1.29 is 14.4 Å². The Morgan fingerprint density at radius 1 is 1.47 bits per heavy atom. The van der Waals surface area contributed by atoms with Gasteiger partial charge in [-0.05, 0) is 26.0 Å². The summed E-state index contributed by atoms with van der Waals surface area (Å²) in [6, 6.07) is 1.26. The summed E-state index contributed by atoms with van der Waals surface area (Å²) in [5.74, 6) is -0.777. The molecule has 0 aliphatic rings. The lowest BCUT2D eigenvalue weighted by Gasteiger charge is -2.15. The summed E-state index contributed by atoms with van der Waals surface area (Å²) in [6.45, 7) is 5.75. The fourth-order valence-corrected chi connectivity index (χ4v) is 1.08. The van der Waals surface area contributed by atoms with Crippen LogP contribution in [0.1, 0.15) is 31.3 Å². The molecule has 0 unspecified atom stereocenters. The molecule has 8 heteroatoms. The molecule has 0 atom stereocenters. The number of carbonyl (C=O) groups is 1. The topological polar surface area (TPSA) is 107 Å². The average molecular weight is 237 g/mol. The Hall–Kier alpha value is -2.25. The number of aromatic carboxylic acids is 1. The van der Waals surface area contributed by atoms with E-state index in [1.54, 1.807) is 0 Å². The normalized spacial score (nSPS) is 11.7. The van der Waals surface area contributed by atoms with Crippen molar-refractivity contribution >= 4 is 5.97 Å². The van der Waals surface area contributed by atoms with Gasteiger partial charge in [-0.3, -0.25) is 0 Å². The summed E-state index contributed by atoms with van der Waals surface area (Å²) in [6.07, 6.45) is 0. The van der Waals surface area contributed by atoms with Crippen LogP contribution in [0.3, 0.4) is 0 Å². The highest BCUT2D eigenvalue weighted by atomic mass is 16.5. The first-order valence-corrected chi connectivity index (χ1v) is 4.89. The van der Waals surface area contributed by atoms with Crippen molar-refractivity contribution in [3.05, 3.63) is 11.8 Å². The van der Waals surface area contributed by atoms with E-state index in [1.807, 2.05) is 20.8 Å². The Morgan fingerprint density at radius 2 is 2.18 bits per heavy atom. The van der Waals surface area contributed by atoms with Crippen LogP contribution in [0.4, 0.5) is 0 Å². The van der Waals surface area contributed by atoms with Crippen LogP contribution in [0.15, 0.2) is 10.6 Å². The van der Waals surface area contributed by atoms with Crippen LogP contribution in [-0.2, 0) is 5.54 Å². The second-order valence-corrected chi connectivity index (χ2v) is 4.45. The van der Waals surface area contributed by atoms with Crippen LogP contribution >= 0.6 is 0 Å². The van der Waals surface area contributed by atoms with E-state index in [2.05, 4.69) is 20.6 Å². The minimum absolute atomic E-state index is 0.179. The highest BCUT2D eigenvalue weighted by molar-refractivity contribution is 5.86. The smallest absolute Gasteiger partial charge is 0.358 e. The Kier molecular flexibility index (Phi) is 2.41. The molecule has 2 aromatic heterocycles. The highest BCUT2D eigenvalue weighted by Gasteiger charge is 2.20. The Morgan fingerprint density at radius 3 is 2.65 bits per heavy atom. The summed E-state index contributed by atoms with van der Waals surface area (Å²) in [7, 11) is 0. The van der Waals surface area contributed by atoms with Crippen molar-refractivity contribution in [2.75, 3.05) is 0 Å². The molecule has 0 bridgehead atoms. The standard InChI is InChI=1S/C9H11N5O3/c1-9(2,3)14-11-7(10-13-14)6-4-5(8(15)16)12-17-6/h4H,1-3H3,(H,15,16). The van der Waals surface area contributed by atoms with E-state index in [-0.39, 0.29) is 22.8 Å². The molecule has 90 valence electrons. The predicted octanol–water partition coefficient (Wildman–Crippen LogP) is 0.781. The molecular weight excluding hydrogens is 226 g/mol.